The number of carbonyl (C=O) groups is 1. The van der Waals surface area contributed by atoms with Crippen molar-refractivity contribution in [3.05, 3.63) is 136 Å². The maximum atomic E-state index is 12.8. The van der Waals surface area contributed by atoms with Crippen molar-refractivity contribution >= 4 is 38.8 Å². The van der Waals surface area contributed by atoms with E-state index in [0.29, 0.717) is 5.39 Å². The van der Waals surface area contributed by atoms with E-state index >= 15 is 0 Å². The predicted molar refractivity (Wildman–Crippen MR) is 174 cm³/mol. The Morgan fingerprint density at radius 3 is 2.44 bits per heavy atom. The number of piperazine rings is 1. The van der Waals surface area contributed by atoms with Crippen molar-refractivity contribution in [3.8, 4) is 0 Å². The minimum absolute atomic E-state index is 0.0874. The molecule has 0 atom stereocenters. The van der Waals surface area contributed by atoms with Crippen molar-refractivity contribution in [1.29, 1.82) is 0 Å². The molecule has 0 saturated carbocycles. The first-order valence-electron chi connectivity index (χ1n) is 15.1. The Kier molecular flexibility index (Phi) is 7.33. The number of aromatic amines is 1. The summed E-state index contributed by atoms with van der Waals surface area (Å²) in [6, 6.07) is 28.4. The quantitative estimate of drug-likeness (QED) is 0.256. The van der Waals surface area contributed by atoms with E-state index < -0.39 is 0 Å². The minimum atomic E-state index is -0.0874. The molecule has 8 rings (SSSR count). The maximum Gasteiger partial charge on any atom is 0.258 e. The van der Waals surface area contributed by atoms with Gasteiger partial charge in [0.15, 0.2) is 0 Å². The van der Waals surface area contributed by atoms with Gasteiger partial charge in [-0.25, -0.2) is 4.98 Å². The number of H-pyrrole nitrogens is 1. The Morgan fingerprint density at radius 2 is 1.60 bits per heavy atom. The summed E-state index contributed by atoms with van der Waals surface area (Å²) in [4.78, 5) is 34.7. The summed E-state index contributed by atoms with van der Waals surface area (Å²) in [5.41, 5.74) is 8.75. The summed E-state index contributed by atoms with van der Waals surface area (Å²) in [5, 5.41) is 3.36. The number of nitrogens with zero attached hydrogens (tertiary/aromatic N) is 3. The summed E-state index contributed by atoms with van der Waals surface area (Å²) in [6.45, 7) is 3.27. The van der Waals surface area contributed by atoms with Gasteiger partial charge in [-0.1, -0.05) is 66.3 Å². The van der Waals surface area contributed by atoms with E-state index in [1.54, 1.807) is 11.6 Å². The fourth-order valence-electron chi connectivity index (χ4n) is 6.57. The van der Waals surface area contributed by atoms with Gasteiger partial charge in [-0.2, -0.15) is 0 Å². The zero-order valence-electron chi connectivity index (χ0n) is 24.1. The Bertz CT molecular complexity index is 1930. The van der Waals surface area contributed by atoms with Gasteiger partial charge in [-0.05, 0) is 89.6 Å². The summed E-state index contributed by atoms with van der Waals surface area (Å²) in [5.74, 6) is 0.140. The van der Waals surface area contributed by atoms with Crippen molar-refractivity contribution in [2.24, 2.45) is 0 Å². The molecule has 6 heteroatoms. The van der Waals surface area contributed by atoms with E-state index in [1.807, 2.05) is 53.4 Å². The molecule has 5 aromatic rings. The molecular formula is C37H34N4O2. The Morgan fingerprint density at radius 1 is 0.791 bits per heavy atom. The van der Waals surface area contributed by atoms with Crippen LogP contribution in [0.4, 0.5) is 5.69 Å². The Labute approximate surface area is 251 Å². The zero-order chi connectivity index (χ0) is 29.2. The first-order valence-corrected chi connectivity index (χ1v) is 15.1. The summed E-state index contributed by atoms with van der Waals surface area (Å²) in [6.07, 6.45) is 10.8. The Balaban J connectivity index is 0.000000229. The first-order chi connectivity index (χ1) is 21.2. The maximum absolute atomic E-state index is 12.8. The molecule has 4 aromatic carbocycles. The van der Waals surface area contributed by atoms with Crippen molar-refractivity contribution in [1.82, 2.24) is 14.9 Å². The molecule has 1 N–H and O–H groups in total. The smallest absolute Gasteiger partial charge is 0.258 e. The molecule has 1 amide bonds. The van der Waals surface area contributed by atoms with Crippen molar-refractivity contribution in [2.45, 2.75) is 25.7 Å². The number of allylic oxidation sites excluding steroid dienone is 4. The van der Waals surface area contributed by atoms with Crippen LogP contribution in [0.15, 0.2) is 114 Å². The topological polar surface area (TPSA) is 69.3 Å². The van der Waals surface area contributed by atoms with Crippen LogP contribution in [0.25, 0.3) is 27.2 Å². The molecule has 1 aromatic heterocycles. The molecule has 6 nitrogen and oxygen atoms in total. The number of carbonyl (C=O) groups excluding carboxylic acids is 1. The van der Waals surface area contributed by atoms with Gasteiger partial charge in [0, 0.05) is 37.4 Å². The molecule has 3 aliphatic rings. The summed E-state index contributed by atoms with van der Waals surface area (Å²) in [7, 11) is 0. The number of para-hydroxylation sites is 1. The SMILES string of the molecule is O=C(c1ccccc1)N1CCN(c2ccc3c4c(ccc3c2)C2=C(CCC=C2)CC4)CC1.O=c1[nH]cnc2ccccc12. The molecule has 0 spiro atoms. The Hall–Kier alpha value is -4.97. The van der Waals surface area contributed by atoms with Crippen LogP contribution in [0.5, 0.6) is 0 Å². The molecule has 1 saturated heterocycles. The molecule has 214 valence electrons. The first kappa shape index (κ1) is 26.9. The van der Waals surface area contributed by atoms with Gasteiger partial charge in [0.2, 0.25) is 0 Å². The number of aromatic nitrogens is 2. The van der Waals surface area contributed by atoms with E-state index in [0.717, 1.165) is 43.7 Å². The van der Waals surface area contributed by atoms with E-state index in [-0.39, 0.29) is 11.5 Å². The number of anilines is 1. The average Bonchev–Trinajstić information content (AvgIpc) is 3.08. The molecule has 1 fully saturated rings. The number of hydrogen-bond donors (Lipinski definition) is 1. The van der Waals surface area contributed by atoms with Crippen LogP contribution >= 0.6 is 0 Å². The second-order valence-electron chi connectivity index (χ2n) is 11.3. The minimum Gasteiger partial charge on any atom is -0.368 e. The van der Waals surface area contributed by atoms with E-state index in [9.17, 15) is 9.59 Å². The van der Waals surface area contributed by atoms with Crippen molar-refractivity contribution in [3.63, 3.8) is 0 Å². The molecule has 0 radical (unpaired) electrons. The van der Waals surface area contributed by atoms with Crippen molar-refractivity contribution < 1.29 is 4.79 Å². The highest BCUT2D eigenvalue weighted by atomic mass is 16.2. The number of aryl methyl sites for hydroxylation is 1. The molecule has 0 bridgehead atoms. The fourth-order valence-corrected chi connectivity index (χ4v) is 6.57. The lowest BCUT2D eigenvalue weighted by molar-refractivity contribution is 0.0747. The van der Waals surface area contributed by atoms with Gasteiger partial charge in [0.1, 0.15) is 0 Å². The predicted octanol–water partition coefficient (Wildman–Crippen LogP) is 6.78. The highest BCUT2D eigenvalue weighted by Crippen LogP contribution is 2.40. The number of benzene rings is 4. The third-order valence-corrected chi connectivity index (χ3v) is 8.86. The van der Waals surface area contributed by atoms with Crippen LogP contribution in [-0.2, 0) is 6.42 Å². The third-order valence-electron chi connectivity index (χ3n) is 8.86. The van der Waals surface area contributed by atoms with Gasteiger partial charge in [0.05, 0.1) is 17.2 Å². The molecule has 1 aliphatic heterocycles. The second kappa shape index (κ2) is 11.7. The molecule has 2 heterocycles. The number of hydrogen-bond acceptors (Lipinski definition) is 4. The summed E-state index contributed by atoms with van der Waals surface area (Å²) < 4.78 is 0. The number of nitrogens with one attached hydrogen (secondary N) is 1. The lowest BCUT2D eigenvalue weighted by atomic mass is 9.79. The second-order valence-corrected chi connectivity index (χ2v) is 11.3. The fraction of sp³-hybridized carbons (Fsp3) is 0.216. The molecular weight excluding hydrogens is 532 g/mol. The van der Waals surface area contributed by atoms with Gasteiger partial charge in [-0.3, -0.25) is 9.59 Å². The molecule has 0 unspecified atom stereocenters. The van der Waals surface area contributed by atoms with Gasteiger partial charge in [-0.15, -0.1) is 0 Å². The normalized spacial score (nSPS) is 16.0. The van der Waals surface area contributed by atoms with Crippen LogP contribution in [0, 0.1) is 0 Å². The average molecular weight is 567 g/mol. The molecule has 2 aliphatic carbocycles. The van der Waals surface area contributed by atoms with Crippen LogP contribution in [-0.4, -0.2) is 47.0 Å². The van der Waals surface area contributed by atoms with E-state index in [1.165, 1.54) is 58.7 Å². The number of amides is 1. The highest BCUT2D eigenvalue weighted by Gasteiger charge is 2.24. The summed E-state index contributed by atoms with van der Waals surface area (Å²) >= 11 is 0. The standard InChI is InChI=1S/C29H28N2O.C8H6N2O/c32-29(22-7-2-1-3-8-22)31-18-16-30(17-19-31)24-12-15-26-23(20-24)11-14-27-25-9-5-4-6-21(25)10-13-28(26)27;11-8-6-3-1-2-4-7(6)9-5-10-8/h1-3,5,7-9,11-12,14-15,20H,4,6,10,13,16-19H2;1-5H,(H,9,10,11). The van der Waals surface area contributed by atoms with Gasteiger partial charge in [0.25, 0.3) is 11.5 Å². The van der Waals surface area contributed by atoms with Crippen molar-refractivity contribution in [2.75, 3.05) is 31.1 Å². The van der Waals surface area contributed by atoms with Crippen LogP contribution < -0.4 is 10.5 Å². The van der Waals surface area contributed by atoms with E-state index in [2.05, 4.69) is 57.4 Å². The lowest BCUT2D eigenvalue weighted by Crippen LogP contribution is -2.48. The largest absolute Gasteiger partial charge is 0.368 e. The van der Waals surface area contributed by atoms with Crippen LogP contribution in [0.1, 0.15) is 40.7 Å². The van der Waals surface area contributed by atoms with E-state index in [4.69, 9.17) is 0 Å². The van der Waals surface area contributed by atoms with Crippen LogP contribution in [0.2, 0.25) is 0 Å². The molecule has 43 heavy (non-hydrogen) atoms. The van der Waals surface area contributed by atoms with Crippen LogP contribution in [0.3, 0.4) is 0 Å². The number of rotatable bonds is 2. The monoisotopic (exact) mass is 566 g/mol. The third kappa shape index (κ3) is 5.37. The van der Waals surface area contributed by atoms with Gasteiger partial charge < -0.3 is 14.8 Å². The zero-order valence-corrected chi connectivity index (χ0v) is 24.1. The van der Waals surface area contributed by atoms with Gasteiger partial charge >= 0.3 is 0 Å². The lowest BCUT2D eigenvalue weighted by Gasteiger charge is -2.36. The highest BCUT2D eigenvalue weighted by molar-refractivity contribution is 5.96. The number of fused-ring (bicyclic) bond motifs is 5.